The van der Waals surface area contributed by atoms with Crippen molar-refractivity contribution in [3.05, 3.63) is 34.9 Å². The lowest BCUT2D eigenvalue weighted by molar-refractivity contribution is -0.160. The predicted octanol–water partition coefficient (Wildman–Crippen LogP) is 2.82. The van der Waals surface area contributed by atoms with Crippen molar-refractivity contribution < 1.29 is 9.53 Å². The molecule has 7 heteroatoms. The number of nitrogens with two attached hydrogens (primary N) is 1. The standard InChI is InChI=1S/C15H19ClN2O2.2ClH/c16-12-3-1-11(2-4-12)14(17)15(19)20-13-9-18-7-5-10(13)6-8-18;;/h1-4,10,13-14H,5-9,17H2;2*1H. The minimum atomic E-state index is -0.734. The van der Waals surface area contributed by atoms with Gasteiger partial charge in [0.2, 0.25) is 0 Å². The first-order valence-corrected chi connectivity index (χ1v) is 7.45. The van der Waals surface area contributed by atoms with Crippen LogP contribution in [0.4, 0.5) is 0 Å². The van der Waals surface area contributed by atoms with Crippen molar-refractivity contribution in [3.63, 3.8) is 0 Å². The molecular formula is C15H21Cl3N2O2. The fourth-order valence-electron chi connectivity index (χ4n) is 3.07. The van der Waals surface area contributed by atoms with Gasteiger partial charge in [-0.05, 0) is 49.5 Å². The minimum Gasteiger partial charge on any atom is -0.459 e. The third-order valence-electron chi connectivity index (χ3n) is 4.35. The summed E-state index contributed by atoms with van der Waals surface area (Å²) in [4.78, 5) is 14.5. The van der Waals surface area contributed by atoms with Gasteiger partial charge in [0.15, 0.2) is 0 Å². The van der Waals surface area contributed by atoms with Crippen LogP contribution in [0.5, 0.6) is 0 Å². The lowest BCUT2D eigenvalue weighted by Crippen LogP contribution is -2.52. The van der Waals surface area contributed by atoms with E-state index in [9.17, 15) is 4.79 Å². The van der Waals surface area contributed by atoms with E-state index in [2.05, 4.69) is 4.90 Å². The van der Waals surface area contributed by atoms with Gasteiger partial charge in [-0.2, -0.15) is 0 Å². The summed E-state index contributed by atoms with van der Waals surface area (Å²) in [6.45, 7) is 3.10. The molecule has 0 amide bonds. The number of rotatable bonds is 3. The molecule has 22 heavy (non-hydrogen) atoms. The molecule has 0 aliphatic carbocycles. The Kier molecular flexibility index (Phi) is 7.42. The molecule has 0 radical (unpaired) electrons. The van der Waals surface area contributed by atoms with Gasteiger partial charge in [0.05, 0.1) is 0 Å². The highest BCUT2D eigenvalue weighted by molar-refractivity contribution is 6.30. The summed E-state index contributed by atoms with van der Waals surface area (Å²) in [6.07, 6.45) is 2.24. The van der Waals surface area contributed by atoms with Crippen LogP contribution in [0, 0.1) is 5.92 Å². The zero-order chi connectivity index (χ0) is 14.1. The van der Waals surface area contributed by atoms with E-state index >= 15 is 0 Å². The molecule has 0 spiro atoms. The lowest BCUT2D eigenvalue weighted by atomic mass is 9.86. The number of carbonyl (C=O) groups excluding carboxylic acids is 1. The Hall–Kier alpha value is -0.520. The van der Waals surface area contributed by atoms with Crippen molar-refractivity contribution >= 4 is 42.4 Å². The van der Waals surface area contributed by atoms with E-state index in [0.29, 0.717) is 10.9 Å². The Morgan fingerprint density at radius 2 is 1.82 bits per heavy atom. The van der Waals surface area contributed by atoms with E-state index in [0.717, 1.165) is 38.0 Å². The molecule has 2 atom stereocenters. The van der Waals surface area contributed by atoms with Crippen LogP contribution in [-0.2, 0) is 9.53 Å². The second-order valence-electron chi connectivity index (χ2n) is 5.64. The van der Waals surface area contributed by atoms with E-state index in [1.54, 1.807) is 24.3 Å². The number of fused-ring (bicyclic) bond motifs is 3. The van der Waals surface area contributed by atoms with Crippen molar-refractivity contribution in [3.8, 4) is 0 Å². The first-order chi connectivity index (χ1) is 9.63. The molecule has 0 aromatic heterocycles. The summed E-state index contributed by atoms with van der Waals surface area (Å²) in [5.41, 5.74) is 6.71. The zero-order valence-corrected chi connectivity index (χ0v) is 14.5. The molecule has 3 heterocycles. The van der Waals surface area contributed by atoms with Crippen molar-refractivity contribution in [2.24, 2.45) is 11.7 Å². The van der Waals surface area contributed by atoms with Crippen LogP contribution in [0.25, 0.3) is 0 Å². The molecule has 3 aliphatic heterocycles. The van der Waals surface area contributed by atoms with E-state index in [1.165, 1.54) is 0 Å². The summed E-state index contributed by atoms with van der Waals surface area (Å²) >= 11 is 5.83. The average Bonchev–Trinajstić information content (AvgIpc) is 2.48. The van der Waals surface area contributed by atoms with E-state index in [1.807, 2.05) is 0 Å². The first-order valence-electron chi connectivity index (χ1n) is 7.07. The van der Waals surface area contributed by atoms with E-state index in [4.69, 9.17) is 22.1 Å². The molecule has 4 nitrogen and oxygen atoms in total. The number of benzene rings is 1. The topological polar surface area (TPSA) is 55.6 Å². The molecule has 0 saturated carbocycles. The largest absolute Gasteiger partial charge is 0.459 e. The SMILES string of the molecule is Cl.Cl.NC(C(=O)OC1CN2CCC1CC2)c1ccc(Cl)cc1. The van der Waals surface area contributed by atoms with Gasteiger partial charge in [-0.25, -0.2) is 4.79 Å². The maximum Gasteiger partial charge on any atom is 0.327 e. The summed E-state index contributed by atoms with van der Waals surface area (Å²) in [5.74, 6) is 0.160. The zero-order valence-electron chi connectivity index (χ0n) is 12.1. The Balaban J connectivity index is 0.00000121. The Morgan fingerprint density at radius 1 is 1.23 bits per heavy atom. The summed E-state index contributed by atoms with van der Waals surface area (Å²) < 4.78 is 5.63. The number of nitrogens with zero attached hydrogens (tertiary/aromatic N) is 1. The number of halogens is 3. The van der Waals surface area contributed by atoms with Gasteiger partial charge < -0.3 is 10.5 Å². The smallest absolute Gasteiger partial charge is 0.327 e. The number of piperidine rings is 3. The summed E-state index contributed by atoms with van der Waals surface area (Å²) in [7, 11) is 0. The predicted molar refractivity (Wildman–Crippen MR) is 91.9 cm³/mol. The second kappa shape index (κ2) is 8.37. The van der Waals surface area contributed by atoms with Gasteiger partial charge in [-0.1, -0.05) is 23.7 Å². The Morgan fingerprint density at radius 3 is 2.32 bits per heavy atom. The average molecular weight is 368 g/mol. The molecule has 2 bridgehead atoms. The van der Waals surface area contributed by atoms with Gasteiger partial charge in [0.1, 0.15) is 12.1 Å². The number of hydrogen-bond donors (Lipinski definition) is 1. The molecule has 124 valence electrons. The van der Waals surface area contributed by atoms with Crippen LogP contribution >= 0.6 is 36.4 Å². The highest BCUT2D eigenvalue weighted by Gasteiger charge is 2.37. The quantitative estimate of drug-likeness (QED) is 0.835. The number of carbonyl (C=O) groups is 1. The van der Waals surface area contributed by atoms with Crippen LogP contribution in [-0.4, -0.2) is 36.6 Å². The van der Waals surface area contributed by atoms with Crippen molar-refractivity contribution in [1.29, 1.82) is 0 Å². The van der Waals surface area contributed by atoms with Gasteiger partial charge in [0, 0.05) is 11.6 Å². The van der Waals surface area contributed by atoms with Crippen LogP contribution < -0.4 is 5.73 Å². The number of ether oxygens (including phenoxy) is 1. The molecule has 1 aromatic rings. The lowest BCUT2D eigenvalue weighted by Gasteiger charge is -2.44. The van der Waals surface area contributed by atoms with E-state index in [-0.39, 0.29) is 36.9 Å². The molecule has 3 aliphatic rings. The fraction of sp³-hybridized carbons (Fsp3) is 0.533. The minimum absolute atomic E-state index is 0. The number of esters is 1. The first kappa shape index (κ1) is 19.5. The molecule has 3 fully saturated rings. The Bertz CT molecular complexity index is 490. The van der Waals surface area contributed by atoms with Crippen molar-refractivity contribution in [2.45, 2.75) is 25.0 Å². The van der Waals surface area contributed by atoms with Crippen LogP contribution in [0.1, 0.15) is 24.4 Å². The maximum atomic E-state index is 12.2. The third kappa shape index (κ3) is 4.27. The highest BCUT2D eigenvalue weighted by Crippen LogP contribution is 2.30. The molecule has 4 rings (SSSR count). The fourth-order valence-corrected chi connectivity index (χ4v) is 3.20. The maximum absolute atomic E-state index is 12.2. The van der Waals surface area contributed by atoms with Gasteiger partial charge in [-0.3, -0.25) is 4.90 Å². The van der Waals surface area contributed by atoms with Crippen LogP contribution in [0.15, 0.2) is 24.3 Å². The molecule has 1 aromatic carbocycles. The van der Waals surface area contributed by atoms with Crippen LogP contribution in [0.2, 0.25) is 5.02 Å². The summed E-state index contributed by atoms with van der Waals surface area (Å²) in [5, 5.41) is 0.631. The van der Waals surface area contributed by atoms with E-state index < -0.39 is 6.04 Å². The molecular weight excluding hydrogens is 347 g/mol. The molecule has 3 saturated heterocycles. The number of hydrogen-bond acceptors (Lipinski definition) is 4. The van der Waals surface area contributed by atoms with Gasteiger partial charge in [0.25, 0.3) is 0 Å². The summed E-state index contributed by atoms with van der Waals surface area (Å²) in [6, 6.07) is 6.27. The van der Waals surface area contributed by atoms with Gasteiger partial charge in [-0.15, -0.1) is 24.8 Å². The highest BCUT2D eigenvalue weighted by atomic mass is 35.5. The van der Waals surface area contributed by atoms with Gasteiger partial charge >= 0.3 is 5.97 Å². The second-order valence-corrected chi connectivity index (χ2v) is 6.08. The molecule has 2 N–H and O–H groups in total. The van der Waals surface area contributed by atoms with Crippen molar-refractivity contribution in [1.82, 2.24) is 4.90 Å². The third-order valence-corrected chi connectivity index (χ3v) is 4.60. The monoisotopic (exact) mass is 366 g/mol. The Labute approximate surface area is 148 Å². The molecule has 2 unspecified atom stereocenters. The van der Waals surface area contributed by atoms with Crippen molar-refractivity contribution in [2.75, 3.05) is 19.6 Å². The normalized spacial score (nSPS) is 27.3. The van der Waals surface area contributed by atoms with Crippen LogP contribution in [0.3, 0.4) is 0 Å².